The van der Waals surface area contributed by atoms with E-state index in [0.29, 0.717) is 0 Å². The third kappa shape index (κ3) is 9.51. The minimum absolute atomic E-state index is 0.0785. The van der Waals surface area contributed by atoms with Crippen molar-refractivity contribution >= 4 is 66.7 Å². The molecule has 0 aliphatic carbocycles. The molecule has 0 radical (unpaired) electrons. The number of carbonyl (C=O) groups is 2. The fourth-order valence-electron chi connectivity index (χ4n) is 4.09. The molecule has 0 saturated carbocycles. The monoisotopic (exact) mass is 667 g/mol. The third-order valence-electron chi connectivity index (χ3n) is 5.85. The maximum atomic E-state index is 14.1. The van der Waals surface area contributed by atoms with Crippen molar-refractivity contribution in [3.05, 3.63) is 98.4 Å². The second-order valence-corrected chi connectivity index (χ2v) is 14.2. The summed E-state index contributed by atoms with van der Waals surface area (Å²) in [6, 6.07) is 20.1. The highest BCUT2D eigenvalue weighted by molar-refractivity contribution is 9.10. The van der Waals surface area contributed by atoms with Gasteiger partial charge in [0.05, 0.1) is 11.9 Å². The summed E-state index contributed by atoms with van der Waals surface area (Å²) in [5.41, 5.74) is 1.21. The van der Waals surface area contributed by atoms with Crippen molar-refractivity contribution in [2.24, 2.45) is 0 Å². The summed E-state index contributed by atoms with van der Waals surface area (Å²) in [4.78, 5) is 29.2. The molecule has 2 amide bonds. The summed E-state index contributed by atoms with van der Waals surface area (Å²) >= 11 is 15.7. The van der Waals surface area contributed by atoms with Crippen LogP contribution in [0.1, 0.15) is 31.9 Å². The van der Waals surface area contributed by atoms with Crippen LogP contribution in [-0.2, 0) is 32.6 Å². The van der Waals surface area contributed by atoms with Crippen LogP contribution in [0.15, 0.2) is 77.3 Å². The van der Waals surface area contributed by atoms with Crippen LogP contribution < -0.4 is 9.62 Å². The summed E-state index contributed by atoms with van der Waals surface area (Å²) < 4.78 is 27.6. The van der Waals surface area contributed by atoms with E-state index in [0.717, 1.165) is 26.2 Å². The van der Waals surface area contributed by atoms with E-state index < -0.39 is 34.1 Å². The van der Waals surface area contributed by atoms with Crippen LogP contribution in [0.5, 0.6) is 0 Å². The van der Waals surface area contributed by atoms with Crippen molar-refractivity contribution < 1.29 is 18.0 Å². The van der Waals surface area contributed by atoms with E-state index in [-0.39, 0.29) is 34.6 Å². The number of anilines is 1. The zero-order valence-corrected chi connectivity index (χ0v) is 26.6. The molecule has 0 aromatic heterocycles. The van der Waals surface area contributed by atoms with Gasteiger partial charge in [-0.2, -0.15) is 0 Å². The second kappa shape index (κ2) is 13.4. The number of sulfonamides is 1. The first-order valence-corrected chi connectivity index (χ1v) is 15.9. The number of nitrogens with one attached hydrogen (secondary N) is 1. The smallest absolute Gasteiger partial charge is 0.244 e. The molecule has 1 N–H and O–H groups in total. The van der Waals surface area contributed by atoms with Crippen LogP contribution in [0.2, 0.25) is 10.0 Å². The Labute approximate surface area is 254 Å². The minimum Gasteiger partial charge on any atom is -0.350 e. The van der Waals surface area contributed by atoms with Gasteiger partial charge in [0, 0.05) is 33.0 Å². The van der Waals surface area contributed by atoms with Crippen molar-refractivity contribution in [2.75, 3.05) is 17.1 Å². The summed E-state index contributed by atoms with van der Waals surface area (Å²) in [7, 11) is -3.93. The molecule has 0 aliphatic rings. The number of hydrogen-bond acceptors (Lipinski definition) is 4. The van der Waals surface area contributed by atoms with Gasteiger partial charge in [-0.05, 0) is 62.2 Å². The Kier molecular flexibility index (Phi) is 10.7. The Balaban J connectivity index is 2.08. The number of hydrogen-bond donors (Lipinski definition) is 1. The van der Waals surface area contributed by atoms with Gasteiger partial charge < -0.3 is 10.2 Å². The zero-order chi connectivity index (χ0) is 29.7. The molecule has 0 fully saturated rings. The number of nitrogens with zero attached hydrogens (tertiary/aromatic N) is 2. The lowest BCUT2D eigenvalue weighted by Crippen LogP contribution is -2.56. The second-order valence-electron chi connectivity index (χ2n) is 10.5. The molecule has 0 unspecified atom stereocenters. The fraction of sp³-hybridized carbons (Fsp3) is 0.310. The van der Waals surface area contributed by atoms with E-state index in [1.54, 1.807) is 0 Å². The van der Waals surface area contributed by atoms with E-state index in [4.69, 9.17) is 23.2 Å². The summed E-state index contributed by atoms with van der Waals surface area (Å²) in [5, 5.41) is 3.44. The molecule has 3 aromatic carbocycles. The Morgan fingerprint density at radius 1 is 0.925 bits per heavy atom. The van der Waals surface area contributed by atoms with Gasteiger partial charge in [0.1, 0.15) is 12.6 Å². The first kappa shape index (κ1) is 31.9. The maximum Gasteiger partial charge on any atom is 0.244 e. The van der Waals surface area contributed by atoms with E-state index in [1.807, 2.05) is 75.4 Å². The summed E-state index contributed by atoms with van der Waals surface area (Å²) in [6.07, 6.45) is 1.23. The van der Waals surface area contributed by atoms with Crippen LogP contribution in [-0.4, -0.2) is 49.5 Å². The normalized spacial score (nSPS) is 12.5. The molecule has 7 nitrogen and oxygen atoms in total. The maximum absolute atomic E-state index is 14.1. The third-order valence-corrected chi connectivity index (χ3v) is 7.96. The number of carbonyl (C=O) groups excluding carboxylic acids is 2. The Morgan fingerprint density at radius 2 is 1.50 bits per heavy atom. The van der Waals surface area contributed by atoms with E-state index in [9.17, 15) is 18.0 Å². The molecule has 0 saturated heterocycles. The van der Waals surface area contributed by atoms with E-state index >= 15 is 0 Å². The number of rotatable bonds is 10. The van der Waals surface area contributed by atoms with Gasteiger partial charge in [0.2, 0.25) is 21.8 Å². The van der Waals surface area contributed by atoms with Gasteiger partial charge >= 0.3 is 0 Å². The molecule has 0 aliphatic heterocycles. The quantitative estimate of drug-likeness (QED) is 0.284. The predicted molar refractivity (Wildman–Crippen MR) is 165 cm³/mol. The van der Waals surface area contributed by atoms with Gasteiger partial charge in [-0.25, -0.2) is 8.42 Å². The van der Waals surface area contributed by atoms with Gasteiger partial charge in [-0.15, -0.1) is 0 Å². The zero-order valence-electron chi connectivity index (χ0n) is 22.7. The van der Waals surface area contributed by atoms with Crippen molar-refractivity contribution in [3.63, 3.8) is 0 Å². The van der Waals surface area contributed by atoms with Crippen LogP contribution in [0.4, 0.5) is 5.69 Å². The van der Waals surface area contributed by atoms with Crippen LogP contribution >= 0.6 is 39.1 Å². The standard InChI is InChI=1S/C29H32BrCl2N3O4S/c1-29(2,3)33-28(37)26(14-20-8-6-5-7-9-20)34(18-21-10-12-22(30)13-11-21)27(36)19-35(40(4,38)39)25-16-23(31)15-24(32)17-25/h5-13,15-17,26H,14,18-19H2,1-4H3,(H,33,37)/t26-/m0/s1. The molecule has 11 heteroatoms. The van der Waals surface area contributed by atoms with Crippen molar-refractivity contribution in [1.29, 1.82) is 0 Å². The predicted octanol–water partition coefficient (Wildman–Crippen LogP) is 6.08. The molecule has 3 aromatic rings. The lowest BCUT2D eigenvalue weighted by molar-refractivity contribution is -0.140. The number of amides is 2. The molecule has 1 atom stereocenters. The highest BCUT2D eigenvalue weighted by Gasteiger charge is 2.34. The SMILES string of the molecule is CC(C)(C)NC(=O)[C@H](Cc1ccccc1)N(Cc1ccc(Br)cc1)C(=O)CN(c1cc(Cl)cc(Cl)c1)S(C)(=O)=O. The highest BCUT2D eigenvalue weighted by atomic mass is 79.9. The van der Waals surface area contributed by atoms with Crippen LogP contribution in [0.25, 0.3) is 0 Å². The fourth-order valence-corrected chi connectivity index (χ4v) is 5.70. The lowest BCUT2D eigenvalue weighted by atomic mass is 10.0. The van der Waals surface area contributed by atoms with Crippen molar-refractivity contribution in [1.82, 2.24) is 10.2 Å². The molecule has 214 valence electrons. The van der Waals surface area contributed by atoms with Gasteiger partial charge in [-0.1, -0.05) is 81.6 Å². The molecule has 0 bridgehead atoms. The first-order valence-electron chi connectivity index (χ1n) is 12.5. The van der Waals surface area contributed by atoms with Gasteiger partial charge in [0.15, 0.2) is 0 Å². The molecule has 3 rings (SSSR count). The Hall–Kier alpha value is -2.59. The topological polar surface area (TPSA) is 86.8 Å². The minimum atomic E-state index is -3.93. The summed E-state index contributed by atoms with van der Waals surface area (Å²) in [6.45, 7) is 5.11. The van der Waals surface area contributed by atoms with E-state index in [1.165, 1.54) is 23.1 Å². The molecule has 40 heavy (non-hydrogen) atoms. The highest BCUT2D eigenvalue weighted by Crippen LogP contribution is 2.28. The largest absolute Gasteiger partial charge is 0.350 e. The first-order chi connectivity index (χ1) is 18.6. The average molecular weight is 669 g/mol. The van der Waals surface area contributed by atoms with E-state index in [2.05, 4.69) is 21.2 Å². The summed E-state index contributed by atoms with van der Waals surface area (Å²) in [5.74, 6) is -0.909. The molecular formula is C29H32BrCl2N3O4S. The lowest BCUT2D eigenvalue weighted by Gasteiger charge is -2.35. The van der Waals surface area contributed by atoms with Crippen LogP contribution in [0.3, 0.4) is 0 Å². The van der Waals surface area contributed by atoms with Crippen molar-refractivity contribution in [2.45, 2.75) is 45.3 Å². The Morgan fingerprint density at radius 3 is 2.02 bits per heavy atom. The average Bonchev–Trinajstić information content (AvgIpc) is 2.84. The molecule has 0 spiro atoms. The number of benzene rings is 3. The Bertz CT molecular complexity index is 1430. The van der Waals surface area contributed by atoms with Crippen molar-refractivity contribution in [3.8, 4) is 0 Å². The van der Waals surface area contributed by atoms with Gasteiger partial charge in [-0.3, -0.25) is 13.9 Å². The molecule has 0 heterocycles. The number of halogens is 3. The molecular weight excluding hydrogens is 637 g/mol. The van der Waals surface area contributed by atoms with Gasteiger partial charge in [0.25, 0.3) is 0 Å². The van der Waals surface area contributed by atoms with Crippen LogP contribution in [0, 0.1) is 0 Å².